The van der Waals surface area contributed by atoms with Crippen LogP contribution in [-0.2, 0) is 6.42 Å². The van der Waals surface area contributed by atoms with E-state index in [2.05, 4.69) is 20.8 Å². The van der Waals surface area contributed by atoms with E-state index in [-0.39, 0.29) is 5.91 Å². The van der Waals surface area contributed by atoms with Crippen LogP contribution in [0.5, 0.6) is 0 Å². The predicted molar refractivity (Wildman–Crippen MR) is 97.9 cm³/mol. The molecule has 1 aromatic heterocycles. The third-order valence-corrected chi connectivity index (χ3v) is 3.87. The molecule has 1 heterocycles. The first-order chi connectivity index (χ1) is 11.5. The summed E-state index contributed by atoms with van der Waals surface area (Å²) in [5.74, 6) is 0.790. The molecule has 2 aromatic rings. The van der Waals surface area contributed by atoms with Crippen LogP contribution in [0, 0.1) is 5.92 Å². The van der Waals surface area contributed by atoms with Gasteiger partial charge in [0.2, 0.25) is 0 Å². The van der Waals surface area contributed by atoms with Crippen LogP contribution in [0.3, 0.4) is 0 Å². The largest absolute Gasteiger partial charge is 0.368 e. The number of nitrogens with zero attached hydrogens (tertiary/aromatic N) is 2. The minimum absolute atomic E-state index is 0.212. The van der Waals surface area contributed by atoms with E-state index in [9.17, 15) is 4.79 Å². The van der Waals surface area contributed by atoms with Crippen molar-refractivity contribution in [2.24, 2.45) is 5.92 Å². The van der Waals surface area contributed by atoms with Crippen LogP contribution in [0.1, 0.15) is 29.9 Å². The molecular weight excluding hydrogens is 347 g/mol. The molecule has 0 atom stereocenters. The van der Waals surface area contributed by atoms with Crippen molar-refractivity contribution in [3.8, 4) is 0 Å². The fourth-order valence-electron chi connectivity index (χ4n) is 1.98. The first kappa shape index (κ1) is 18.5. The van der Waals surface area contributed by atoms with Gasteiger partial charge in [-0.05, 0) is 42.2 Å². The number of hydrogen-bond donors (Lipinski definition) is 2. The van der Waals surface area contributed by atoms with Gasteiger partial charge in [-0.25, -0.2) is 0 Å². The molecule has 128 valence electrons. The van der Waals surface area contributed by atoms with Gasteiger partial charge in [0.1, 0.15) is 5.82 Å². The van der Waals surface area contributed by atoms with E-state index in [0.29, 0.717) is 40.6 Å². The summed E-state index contributed by atoms with van der Waals surface area (Å²) in [6, 6.07) is 8.83. The summed E-state index contributed by atoms with van der Waals surface area (Å²) >= 11 is 12.0. The zero-order valence-corrected chi connectivity index (χ0v) is 15.2. The van der Waals surface area contributed by atoms with Crippen molar-refractivity contribution in [1.29, 1.82) is 0 Å². The standard InChI is InChI=1S/C17H20Cl2N4O/c1-11(2)10-21-17(24)15-5-6-16(23-22-15)20-8-7-12-3-4-13(18)9-14(12)19/h3-6,9,11H,7-8,10H2,1-2H3,(H,20,23)(H,21,24). The normalized spacial score (nSPS) is 10.7. The Bertz CT molecular complexity index is 689. The van der Waals surface area contributed by atoms with Gasteiger partial charge in [0, 0.05) is 23.1 Å². The minimum Gasteiger partial charge on any atom is -0.368 e. The van der Waals surface area contributed by atoms with Crippen LogP contribution in [0.15, 0.2) is 30.3 Å². The Morgan fingerprint density at radius 2 is 1.96 bits per heavy atom. The second kappa shape index (κ2) is 8.85. The van der Waals surface area contributed by atoms with Crippen molar-refractivity contribution in [2.45, 2.75) is 20.3 Å². The van der Waals surface area contributed by atoms with Gasteiger partial charge >= 0.3 is 0 Å². The Labute approximate surface area is 151 Å². The van der Waals surface area contributed by atoms with Crippen molar-refractivity contribution in [2.75, 3.05) is 18.4 Å². The van der Waals surface area contributed by atoms with Gasteiger partial charge in [-0.3, -0.25) is 4.79 Å². The molecule has 1 amide bonds. The van der Waals surface area contributed by atoms with E-state index in [1.165, 1.54) is 0 Å². The second-order valence-corrected chi connectivity index (χ2v) is 6.66. The van der Waals surface area contributed by atoms with Gasteiger partial charge in [0.05, 0.1) is 0 Å². The van der Waals surface area contributed by atoms with Crippen molar-refractivity contribution in [1.82, 2.24) is 15.5 Å². The maximum atomic E-state index is 11.9. The maximum absolute atomic E-state index is 11.9. The number of amides is 1. The molecule has 0 fully saturated rings. The molecule has 5 nitrogen and oxygen atoms in total. The molecular formula is C17H20Cl2N4O. The number of anilines is 1. The summed E-state index contributed by atoms with van der Waals surface area (Å²) in [5, 5.41) is 15.2. The third kappa shape index (κ3) is 5.65. The molecule has 0 bridgehead atoms. The third-order valence-electron chi connectivity index (χ3n) is 3.28. The summed E-state index contributed by atoms with van der Waals surface area (Å²) in [5.41, 5.74) is 1.31. The van der Waals surface area contributed by atoms with E-state index in [1.54, 1.807) is 18.2 Å². The average molecular weight is 367 g/mol. The minimum atomic E-state index is -0.212. The molecule has 1 aromatic carbocycles. The van der Waals surface area contributed by atoms with Gasteiger partial charge in [-0.1, -0.05) is 43.1 Å². The average Bonchev–Trinajstić information content (AvgIpc) is 2.55. The summed E-state index contributed by atoms with van der Waals surface area (Å²) in [7, 11) is 0. The Hall–Kier alpha value is -1.85. The van der Waals surface area contributed by atoms with Crippen LogP contribution in [0.2, 0.25) is 10.0 Å². The lowest BCUT2D eigenvalue weighted by atomic mass is 10.1. The van der Waals surface area contributed by atoms with Gasteiger partial charge in [-0.2, -0.15) is 0 Å². The lowest BCUT2D eigenvalue weighted by Gasteiger charge is -2.08. The van der Waals surface area contributed by atoms with Gasteiger partial charge in [0.15, 0.2) is 5.69 Å². The van der Waals surface area contributed by atoms with Crippen molar-refractivity contribution in [3.05, 3.63) is 51.6 Å². The van der Waals surface area contributed by atoms with Crippen LogP contribution >= 0.6 is 23.2 Å². The molecule has 0 radical (unpaired) electrons. The van der Waals surface area contributed by atoms with Crippen LogP contribution in [-0.4, -0.2) is 29.2 Å². The van der Waals surface area contributed by atoms with Gasteiger partial charge in [-0.15, -0.1) is 10.2 Å². The van der Waals surface area contributed by atoms with Crippen LogP contribution in [0.25, 0.3) is 0 Å². The van der Waals surface area contributed by atoms with Crippen LogP contribution < -0.4 is 10.6 Å². The lowest BCUT2D eigenvalue weighted by molar-refractivity contribution is 0.0943. The number of benzene rings is 1. The highest BCUT2D eigenvalue weighted by molar-refractivity contribution is 6.35. The first-order valence-corrected chi connectivity index (χ1v) is 8.51. The SMILES string of the molecule is CC(C)CNC(=O)c1ccc(NCCc2ccc(Cl)cc2Cl)nn1. The fourth-order valence-corrected chi connectivity index (χ4v) is 2.49. The van der Waals surface area contributed by atoms with Crippen molar-refractivity contribution in [3.63, 3.8) is 0 Å². The zero-order valence-electron chi connectivity index (χ0n) is 13.6. The molecule has 24 heavy (non-hydrogen) atoms. The van der Waals surface area contributed by atoms with Crippen LogP contribution in [0.4, 0.5) is 5.82 Å². The lowest BCUT2D eigenvalue weighted by Crippen LogP contribution is -2.28. The number of halogens is 2. The van der Waals surface area contributed by atoms with E-state index >= 15 is 0 Å². The molecule has 0 spiro atoms. The van der Waals surface area contributed by atoms with E-state index in [0.717, 1.165) is 12.0 Å². The molecule has 2 rings (SSSR count). The molecule has 0 saturated heterocycles. The van der Waals surface area contributed by atoms with E-state index in [1.807, 2.05) is 26.0 Å². The number of aromatic nitrogens is 2. The molecule has 7 heteroatoms. The topological polar surface area (TPSA) is 66.9 Å². The summed E-state index contributed by atoms with van der Waals surface area (Å²) < 4.78 is 0. The quantitative estimate of drug-likeness (QED) is 0.781. The molecule has 0 saturated carbocycles. The number of carbonyl (C=O) groups excluding carboxylic acids is 1. The predicted octanol–water partition coefficient (Wildman–Crippen LogP) is 3.82. The van der Waals surface area contributed by atoms with Gasteiger partial charge in [0.25, 0.3) is 5.91 Å². The molecule has 2 N–H and O–H groups in total. The highest BCUT2D eigenvalue weighted by Crippen LogP contribution is 2.21. The number of carbonyl (C=O) groups is 1. The summed E-state index contributed by atoms with van der Waals surface area (Å²) in [4.78, 5) is 11.9. The second-order valence-electron chi connectivity index (χ2n) is 5.82. The fraction of sp³-hybridized carbons (Fsp3) is 0.353. The molecule has 0 aliphatic rings. The molecule has 0 aliphatic carbocycles. The monoisotopic (exact) mass is 366 g/mol. The Balaban J connectivity index is 1.84. The number of rotatable bonds is 7. The molecule has 0 unspecified atom stereocenters. The summed E-state index contributed by atoms with van der Waals surface area (Å²) in [6.45, 7) is 5.33. The van der Waals surface area contributed by atoms with E-state index in [4.69, 9.17) is 23.2 Å². The highest BCUT2D eigenvalue weighted by atomic mass is 35.5. The smallest absolute Gasteiger partial charge is 0.271 e. The Morgan fingerprint density at radius 3 is 2.58 bits per heavy atom. The maximum Gasteiger partial charge on any atom is 0.271 e. The van der Waals surface area contributed by atoms with Gasteiger partial charge < -0.3 is 10.6 Å². The number of nitrogens with one attached hydrogen (secondary N) is 2. The number of hydrogen-bond acceptors (Lipinski definition) is 4. The Morgan fingerprint density at radius 1 is 1.17 bits per heavy atom. The van der Waals surface area contributed by atoms with Crippen molar-refractivity contribution < 1.29 is 4.79 Å². The zero-order chi connectivity index (χ0) is 17.5. The molecule has 0 aliphatic heterocycles. The first-order valence-electron chi connectivity index (χ1n) is 7.75. The highest BCUT2D eigenvalue weighted by Gasteiger charge is 2.08. The van der Waals surface area contributed by atoms with E-state index < -0.39 is 0 Å². The van der Waals surface area contributed by atoms with Crippen molar-refractivity contribution >= 4 is 34.9 Å². The summed E-state index contributed by atoms with van der Waals surface area (Å²) in [6.07, 6.45) is 0.730. The Kier molecular flexibility index (Phi) is 6.82.